The Labute approximate surface area is 172 Å². The Kier molecular flexibility index (Phi) is 5.38. The van der Waals surface area contributed by atoms with Gasteiger partial charge >= 0.3 is 0 Å². The monoisotopic (exact) mass is 407 g/mol. The van der Waals surface area contributed by atoms with Crippen LogP contribution in [-0.4, -0.2) is 41.4 Å². The molecule has 3 heterocycles. The van der Waals surface area contributed by atoms with Gasteiger partial charge in [-0.1, -0.05) is 0 Å². The fourth-order valence-corrected chi connectivity index (χ4v) is 3.55. The van der Waals surface area contributed by atoms with E-state index in [2.05, 4.69) is 10.3 Å². The lowest BCUT2D eigenvalue weighted by Crippen LogP contribution is -2.44. The number of aromatic amines is 1. The number of ether oxygens (including phenoxy) is 1. The third-order valence-corrected chi connectivity index (χ3v) is 5.10. The standard InChI is InChI=1S/C22H21N3O5/c1-29-15-8-6-14(7-9-15)23-21(27)18-4-2-12-25(18)22(28)16-10-11-17(24-20(16)26)19-5-3-13-30-19/h3,5-11,13,18H,2,4,12H2,1H3,(H,23,27)(H,24,26). The number of hydrogen-bond donors (Lipinski definition) is 2. The molecule has 154 valence electrons. The van der Waals surface area contributed by atoms with Crippen LogP contribution in [0.1, 0.15) is 23.2 Å². The minimum absolute atomic E-state index is 0.00514. The van der Waals surface area contributed by atoms with Gasteiger partial charge in [0.1, 0.15) is 23.1 Å². The molecule has 1 aromatic carbocycles. The molecule has 8 nitrogen and oxygen atoms in total. The number of nitrogens with zero attached hydrogens (tertiary/aromatic N) is 1. The molecule has 3 aromatic rings. The molecular formula is C22H21N3O5. The summed E-state index contributed by atoms with van der Waals surface area (Å²) in [6.07, 6.45) is 2.73. The fraction of sp³-hybridized carbons (Fsp3) is 0.227. The summed E-state index contributed by atoms with van der Waals surface area (Å²) >= 11 is 0. The number of H-pyrrole nitrogens is 1. The highest BCUT2D eigenvalue weighted by molar-refractivity contribution is 6.01. The third-order valence-electron chi connectivity index (χ3n) is 5.10. The molecule has 1 unspecified atom stereocenters. The SMILES string of the molecule is COc1ccc(NC(=O)C2CCCN2C(=O)c2ccc(-c3ccco3)[nH]c2=O)cc1. The molecule has 1 aliphatic rings. The molecule has 1 fully saturated rings. The molecule has 30 heavy (non-hydrogen) atoms. The minimum atomic E-state index is -0.635. The Morgan fingerprint density at radius 2 is 1.97 bits per heavy atom. The van der Waals surface area contributed by atoms with Crippen LogP contribution in [-0.2, 0) is 4.79 Å². The number of amides is 2. The van der Waals surface area contributed by atoms with Crippen LogP contribution in [0.25, 0.3) is 11.5 Å². The van der Waals surface area contributed by atoms with Crippen molar-refractivity contribution in [3.8, 4) is 17.2 Å². The number of methoxy groups -OCH3 is 1. The van der Waals surface area contributed by atoms with E-state index in [4.69, 9.17) is 9.15 Å². The van der Waals surface area contributed by atoms with Crippen molar-refractivity contribution in [2.75, 3.05) is 19.0 Å². The van der Waals surface area contributed by atoms with Gasteiger partial charge in [-0.2, -0.15) is 0 Å². The van der Waals surface area contributed by atoms with Gasteiger partial charge in [0, 0.05) is 12.2 Å². The number of pyridine rings is 1. The molecule has 8 heteroatoms. The van der Waals surface area contributed by atoms with Crippen molar-refractivity contribution < 1.29 is 18.7 Å². The summed E-state index contributed by atoms with van der Waals surface area (Å²) in [7, 11) is 1.57. The first kappa shape index (κ1) is 19.5. The molecule has 0 radical (unpaired) electrons. The van der Waals surface area contributed by atoms with Crippen LogP contribution in [0.15, 0.2) is 64.0 Å². The zero-order chi connectivity index (χ0) is 21.1. The first-order chi connectivity index (χ1) is 14.6. The van der Waals surface area contributed by atoms with E-state index < -0.39 is 17.5 Å². The summed E-state index contributed by atoms with van der Waals surface area (Å²) < 4.78 is 10.4. The second-order valence-corrected chi connectivity index (χ2v) is 6.97. The first-order valence-corrected chi connectivity index (χ1v) is 9.60. The van der Waals surface area contributed by atoms with Gasteiger partial charge in [-0.05, 0) is 61.4 Å². The van der Waals surface area contributed by atoms with Gasteiger partial charge in [0.2, 0.25) is 5.91 Å². The molecule has 2 amide bonds. The average molecular weight is 407 g/mol. The van der Waals surface area contributed by atoms with E-state index in [0.717, 1.165) is 0 Å². The number of anilines is 1. The summed E-state index contributed by atoms with van der Waals surface area (Å²) in [5.41, 5.74) is 0.571. The maximum atomic E-state index is 13.0. The molecule has 0 aliphatic carbocycles. The number of hydrogen-bond acceptors (Lipinski definition) is 5. The van der Waals surface area contributed by atoms with Gasteiger partial charge in [0.15, 0.2) is 0 Å². The zero-order valence-electron chi connectivity index (χ0n) is 16.4. The highest BCUT2D eigenvalue weighted by atomic mass is 16.5. The molecule has 2 aromatic heterocycles. The van der Waals surface area contributed by atoms with Crippen LogP contribution in [0.3, 0.4) is 0 Å². The van der Waals surface area contributed by atoms with Crippen molar-refractivity contribution in [2.45, 2.75) is 18.9 Å². The average Bonchev–Trinajstić information content (AvgIpc) is 3.46. The third kappa shape index (κ3) is 3.84. The lowest BCUT2D eigenvalue weighted by Gasteiger charge is -2.23. The summed E-state index contributed by atoms with van der Waals surface area (Å²) in [4.78, 5) is 42.4. The Hall–Kier alpha value is -3.81. The fourth-order valence-electron chi connectivity index (χ4n) is 3.55. The van der Waals surface area contributed by atoms with Crippen molar-refractivity contribution in [3.05, 3.63) is 70.7 Å². The Morgan fingerprint density at radius 3 is 2.63 bits per heavy atom. The Morgan fingerprint density at radius 1 is 1.17 bits per heavy atom. The van der Waals surface area contributed by atoms with E-state index in [-0.39, 0.29) is 11.5 Å². The number of furan rings is 1. The quantitative estimate of drug-likeness (QED) is 0.677. The molecule has 1 saturated heterocycles. The smallest absolute Gasteiger partial charge is 0.261 e. The summed E-state index contributed by atoms with van der Waals surface area (Å²) in [6.45, 7) is 0.416. The number of carbonyl (C=O) groups excluding carboxylic acids is 2. The second kappa shape index (κ2) is 8.28. The van der Waals surface area contributed by atoms with Crippen molar-refractivity contribution in [1.29, 1.82) is 0 Å². The van der Waals surface area contributed by atoms with Gasteiger partial charge in [-0.15, -0.1) is 0 Å². The topological polar surface area (TPSA) is 105 Å². The lowest BCUT2D eigenvalue weighted by molar-refractivity contribution is -0.119. The van der Waals surface area contributed by atoms with Gasteiger partial charge < -0.3 is 24.4 Å². The first-order valence-electron chi connectivity index (χ1n) is 9.60. The van der Waals surface area contributed by atoms with E-state index in [0.29, 0.717) is 42.3 Å². The van der Waals surface area contributed by atoms with Crippen molar-refractivity contribution in [3.63, 3.8) is 0 Å². The maximum Gasteiger partial charge on any atom is 0.261 e. The van der Waals surface area contributed by atoms with E-state index in [1.807, 2.05) is 0 Å². The number of carbonyl (C=O) groups is 2. The largest absolute Gasteiger partial charge is 0.497 e. The van der Waals surface area contributed by atoms with Crippen LogP contribution < -0.4 is 15.6 Å². The highest BCUT2D eigenvalue weighted by Crippen LogP contribution is 2.23. The predicted octanol–water partition coefficient (Wildman–Crippen LogP) is 2.89. The van der Waals surface area contributed by atoms with Crippen molar-refractivity contribution in [2.24, 2.45) is 0 Å². The molecule has 0 spiro atoms. The van der Waals surface area contributed by atoms with Crippen LogP contribution in [0.5, 0.6) is 5.75 Å². The normalized spacial score (nSPS) is 15.8. The molecule has 2 N–H and O–H groups in total. The summed E-state index contributed by atoms with van der Waals surface area (Å²) in [6, 6.07) is 12.8. The molecule has 0 saturated carbocycles. The van der Waals surface area contributed by atoms with Crippen LogP contribution in [0, 0.1) is 0 Å². The number of likely N-dealkylation sites (tertiary alicyclic amines) is 1. The zero-order valence-corrected chi connectivity index (χ0v) is 16.4. The molecule has 0 bridgehead atoms. The Balaban J connectivity index is 1.50. The summed E-state index contributed by atoms with van der Waals surface area (Å²) in [5.74, 6) is 0.441. The van der Waals surface area contributed by atoms with Crippen molar-refractivity contribution in [1.82, 2.24) is 9.88 Å². The maximum absolute atomic E-state index is 13.0. The van der Waals surface area contributed by atoms with E-state index in [1.54, 1.807) is 49.6 Å². The minimum Gasteiger partial charge on any atom is -0.497 e. The molecular weight excluding hydrogens is 386 g/mol. The molecule has 4 rings (SSSR count). The van der Waals surface area contributed by atoms with E-state index in [1.165, 1.54) is 17.2 Å². The van der Waals surface area contributed by atoms with Gasteiger partial charge in [0.25, 0.3) is 11.5 Å². The summed E-state index contributed by atoms with van der Waals surface area (Å²) in [5, 5.41) is 2.83. The highest BCUT2D eigenvalue weighted by Gasteiger charge is 2.35. The van der Waals surface area contributed by atoms with E-state index >= 15 is 0 Å². The van der Waals surface area contributed by atoms with Crippen LogP contribution in [0.4, 0.5) is 5.69 Å². The number of rotatable bonds is 5. The second-order valence-electron chi connectivity index (χ2n) is 6.97. The van der Waals surface area contributed by atoms with Crippen LogP contribution in [0.2, 0.25) is 0 Å². The van der Waals surface area contributed by atoms with Gasteiger partial charge in [-0.3, -0.25) is 14.4 Å². The predicted molar refractivity (Wildman–Crippen MR) is 110 cm³/mol. The van der Waals surface area contributed by atoms with Gasteiger partial charge in [-0.25, -0.2) is 0 Å². The van der Waals surface area contributed by atoms with Crippen LogP contribution >= 0.6 is 0 Å². The molecule has 1 atom stereocenters. The van der Waals surface area contributed by atoms with E-state index in [9.17, 15) is 14.4 Å². The lowest BCUT2D eigenvalue weighted by atomic mass is 10.1. The Bertz CT molecular complexity index is 1100. The number of nitrogens with one attached hydrogen (secondary N) is 2. The number of aromatic nitrogens is 1. The van der Waals surface area contributed by atoms with Gasteiger partial charge in [0.05, 0.1) is 19.1 Å². The number of benzene rings is 1. The molecule has 1 aliphatic heterocycles. The van der Waals surface area contributed by atoms with Crippen molar-refractivity contribution >= 4 is 17.5 Å².